The van der Waals surface area contributed by atoms with Gasteiger partial charge in [-0.2, -0.15) is 0 Å². The number of benzene rings is 1. The molecular formula is C24H30N4OS2. The molecule has 1 amide bonds. The Hall–Kier alpha value is -2.12. The molecule has 0 aliphatic heterocycles. The van der Waals surface area contributed by atoms with Gasteiger partial charge in [-0.15, -0.1) is 21.5 Å². The van der Waals surface area contributed by atoms with Crippen LogP contribution in [-0.2, 0) is 17.8 Å². The highest BCUT2D eigenvalue weighted by Gasteiger charge is 2.24. The number of hydrogen-bond acceptors (Lipinski definition) is 5. The molecule has 0 bridgehead atoms. The van der Waals surface area contributed by atoms with Crippen LogP contribution in [0, 0.1) is 6.92 Å². The summed E-state index contributed by atoms with van der Waals surface area (Å²) in [5.41, 5.74) is 2.38. The van der Waals surface area contributed by atoms with E-state index < -0.39 is 0 Å². The third-order valence-corrected chi connectivity index (χ3v) is 7.68. The molecule has 4 rings (SSSR count). The molecule has 1 aromatic carbocycles. The Kier molecular flexibility index (Phi) is 7.45. The number of carbonyl (C=O) groups excluding carboxylic acids is 1. The summed E-state index contributed by atoms with van der Waals surface area (Å²) in [5, 5.41) is 12.0. The van der Waals surface area contributed by atoms with Crippen LogP contribution >= 0.6 is 23.1 Å². The Labute approximate surface area is 192 Å². The quantitative estimate of drug-likeness (QED) is 0.422. The number of nitrogens with zero attached hydrogens (tertiary/aromatic N) is 4. The highest BCUT2D eigenvalue weighted by molar-refractivity contribution is 7.99. The Morgan fingerprint density at radius 2 is 1.94 bits per heavy atom. The van der Waals surface area contributed by atoms with Gasteiger partial charge in [0.15, 0.2) is 5.16 Å². The first-order valence-corrected chi connectivity index (χ1v) is 12.8. The summed E-state index contributed by atoms with van der Waals surface area (Å²) >= 11 is 3.28. The van der Waals surface area contributed by atoms with E-state index in [-0.39, 0.29) is 5.91 Å². The molecule has 2 heterocycles. The van der Waals surface area contributed by atoms with Crippen molar-refractivity contribution in [3.8, 4) is 0 Å². The number of thioether (sulfide) groups is 1. The zero-order valence-electron chi connectivity index (χ0n) is 18.3. The summed E-state index contributed by atoms with van der Waals surface area (Å²) in [6.45, 7) is 2.70. The Morgan fingerprint density at radius 3 is 2.65 bits per heavy atom. The highest BCUT2D eigenvalue weighted by Crippen LogP contribution is 2.33. The molecule has 31 heavy (non-hydrogen) atoms. The average molecular weight is 455 g/mol. The van der Waals surface area contributed by atoms with Crippen LogP contribution in [0.25, 0.3) is 0 Å². The lowest BCUT2D eigenvalue weighted by Gasteiger charge is -2.25. The zero-order valence-corrected chi connectivity index (χ0v) is 19.9. The van der Waals surface area contributed by atoms with E-state index in [1.54, 1.807) is 16.2 Å². The first-order chi connectivity index (χ1) is 15.1. The van der Waals surface area contributed by atoms with Crippen molar-refractivity contribution in [3.05, 3.63) is 63.6 Å². The van der Waals surface area contributed by atoms with E-state index in [1.807, 2.05) is 7.05 Å². The van der Waals surface area contributed by atoms with Gasteiger partial charge in [-0.05, 0) is 36.8 Å². The number of amides is 1. The first-order valence-electron chi connectivity index (χ1n) is 11.0. The van der Waals surface area contributed by atoms with Gasteiger partial charge in [0, 0.05) is 30.9 Å². The van der Waals surface area contributed by atoms with Gasteiger partial charge < -0.3 is 9.47 Å². The summed E-state index contributed by atoms with van der Waals surface area (Å²) in [6, 6.07) is 13.0. The molecule has 0 spiro atoms. The summed E-state index contributed by atoms with van der Waals surface area (Å²) in [5.74, 6) is 1.52. The van der Waals surface area contributed by atoms with Crippen LogP contribution < -0.4 is 0 Å². The summed E-state index contributed by atoms with van der Waals surface area (Å²) in [4.78, 5) is 15.9. The topological polar surface area (TPSA) is 51.0 Å². The number of carbonyl (C=O) groups is 1. The number of rotatable bonds is 8. The smallest absolute Gasteiger partial charge is 0.233 e. The third-order valence-electron chi connectivity index (χ3n) is 5.88. The lowest BCUT2D eigenvalue weighted by atomic mass is 9.95. The zero-order chi connectivity index (χ0) is 21.6. The summed E-state index contributed by atoms with van der Waals surface area (Å²) < 4.78 is 2.33. The molecule has 0 N–H and O–H groups in total. The van der Waals surface area contributed by atoms with Gasteiger partial charge in [0.1, 0.15) is 5.82 Å². The first kappa shape index (κ1) is 22.1. The molecule has 5 nitrogen and oxygen atoms in total. The maximum atomic E-state index is 12.8. The van der Waals surface area contributed by atoms with Crippen molar-refractivity contribution in [1.29, 1.82) is 0 Å². The molecule has 0 atom stereocenters. The SMILES string of the molecule is Cc1ccc(CN(C)C(=O)CSc2nnc(Cc3cccs3)n2C2CCCCC2)cc1. The summed E-state index contributed by atoms with van der Waals surface area (Å²) in [6.07, 6.45) is 6.97. The van der Waals surface area contributed by atoms with Crippen LogP contribution in [0.15, 0.2) is 46.9 Å². The van der Waals surface area contributed by atoms with Gasteiger partial charge in [-0.3, -0.25) is 4.79 Å². The maximum Gasteiger partial charge on any atom is 0.233 e. The minimum absolute atomic E-state index is 0.114. The van der Waals surface area contributed by atoms with E-state index in [0.29, 0.717) is 18.3 Å². The van der Waals surface area contributed by atoms with Crippen LogP contribution in [0.2, 0.25) is 0 Å². The number of thiophene rings is 1. The van der Waals surface area contributed by atoms with Crippen LogP contribution in [0.4, 0.5) is 0 Å². The second-order valence-corrected chi connectivity index (χ2v) is 10.3. The average Bonchev–Trinajstić information content (AvgIpc) is 3.44. The van der Waals surface area contributed by atoms with Crippen LogP contribution in [-0.4, -0.2) is 38.4 Å². The van der Waals surface area contributed by atoms with E-state index in [4.69, 9.17) is 0 Å². The van der Waals surface area contributed by atoms with Gasteiger partial charge in [0.05, 0.1) is 5.75 Å². The Balaban J connectivity index is 1.43. The van der Waals surface area contributed by atoms with E-state index in [1.165, 1.54) is 54.3 Å². The molecule has 0 radical (unpaired) electrons. The summed E-state index contributed by atoms with van der Waals surface area (Å²) in [7, 11) is 1.87. The third kappa shape index (κ3) is 5.77. The van der Waals surface area contributed by atoms with Crippen molar-refractivity contribution < 1.29 is 4.79 Å². The van der Waals surface area contributed by atoms with Gasteiger partial charge in [-0.1, -0.05) is 66.9 Å². The molecule has 1 aliphatic carbocycles. The standard InChI is InChI=1S/C24H30N4OS2/c1-18-10-12-19(13-11-18)16-27(2)23(29)17-31-24-26-25-22(15-21-9-6-14-30-21)28(24)20-7-4-3-5-8-20/h6,9-14,20H,3-5,7-8,15-17H2,1-2H3. The lowest BCUT2D eigenvalue weighted by molar-refractivity contribution is -0.127. The number of aromatic nitrogens is 3. The number of hydrogen-bond donors (Lipinski definition) is 0. The normalized spacial score (nSPS) is 14.6. The Bertz CT molecular complexity index is 976. The molecule has 3 aromatic rings. The fourth-order valence-electron chi connectivity index (χ4n) is 4.09. The lowest BCUT2D eigenvalue weighted by Crippen LogP contribution is -2.28. The molecule has 2 aromatic heterocycles. The fourth-order valence-corrected chi connectivity index (χ4v) is 5.76. The van der Waals surface area contributed by atoms with Crippen molar-refractivity contribution in [3.63, 3.8) is 0 Å². The van der Waals surface area contributed by atoms with Gasteiger partial charge in [0.25, 0.3) is 0 Å². The predicted molar refractivity (Wildman–Crippen MR) is 128 cm³/mol. The van der Waals surface area contributed by atoms with Gasteiger partial charge >= 0.3 is 0 Å². The Morgan fingerprint density at radius 1 is 1.16 bits per heavy atom. The molecule has 164 valence electrons. The van der Waals surface area contributed by atoms with E-state index in [9.17, 15) is 4.79 Å². The number of aryl methyl sites for hydroxylation is 1. The van der Waals surface area contributed by atoms with Crippen LogP contribution in [0.1, 0.15) is 60.0 Å². The molecule has 0 unspecified atom stereocenters. The van der Waals surface area contributed by atoms with E-state index >= 15 is 0 Å². The minimum Gasteiger partial charge on any atom is -0.341 e. The van der Waals surface area contributed by atoms with Crippen molar-refractivity contribution >= 4 is 29.0 Å². The van der Waals surface area contributed by atoms with Crippen LogP contribution in [0.5, 0.6) is 0 Å². The van der Waals surface area contributed by atoms with Gasteiger partial charge in [-0.25, -0.2) is 0 Å². The molecule has 0 saturated heterocycles. The van der Waals surface area contributed by atoms with Crippen molar-refractivity contribution in [2.75, 3.05) is 12.8 Å². The molecular weight excluding hydrogens is 424 g/mol. The van der Waals surface area contributed by atoms with Crippen LogP contribution in [0.3, 0.4) is 0 Å². The van der Waals surface area contributed by atoms with Crippen molar-refractivity contribution in [1.82, 2.24) is 19.7 Å². The van der Waals surface area contributed by atoms with Crippen molar-refractivity contribution in [2.45, 2.75) is 63.2 Å². The second-order valence-electron chi connectivity index (χ2n) is 8.34. The van der Waals surface area contributed by atoms with Gasteiger partial charge in [0.2, 0.25) is 5.91 Å². The minimum atomic E-state index is 0.114. The molecule has 1 saturated carbocycles. The largest absolute Gasteiger partial charge is 0.341 e. The molecule has 1 aliphatic rings. The molecule has 1 fully saturated rings. The molecule has 7 heteroatoms. The monoisotopic (exact) mass is 454 g/mol. The van der Waals surface area contributed by atoms with E-state index in [0.717, 1.165) is 23.0 Å². The predicted octanol–water partition coefficient (Wildman–Crippen LogP) is 5.49. The second kappa shape index (κ2) is 10.5. The highest BCUT2D eigenvalue weighted by atomic mass is 32.2. The maximum absolute atomic E-state index is 12.8. The van der Waals surface area contributed by atoms with E-state index in [2.05, 4.69) is 63.5 Å². The van der Waals surface area contributed by atoms with Crippen molar-refractivity contribution in [2.24, 2.45) is 0 Å². The fraction of sp³-hybridized carbons (Fsp3) is 0.458.